The van der Waals surface area contributed by atoms with E-state index < -0.39 is 5.41 Å². The lowest BCUT2D eigenvalue weighted by Crippen LogP contribution is -2.45. The maximum atomic E-state index is 12.9. The van der Waals surface area contributed by atoms with E-state index in [4.69, 9.17) is 14.6 Å². The Labute approximate surface area is 198 Å². The number of likely N-dealkylation sites (tertiary alicyclic amines) is 2. The van der Waals surface area contributed by atoms with E-state index in [-0.39, 0.29) is 24.5 Å². The van der Waals surface area contributed by atoms with Gasteiger partial charge in [0.1, 0.15) is 11.8 Å². The Kier molecular flexibility index (Phi) is 7.46. The van der Waals surface area contributed by atoms with Crippen LogP contribution in [0.25, 0.3) is 11.5 Å². The van der Waals surface area contributed by atoms with Crippen molar-refractivity contribution >= 4 is 18.3 Å². The number of carbonyl (C=O) groups is 3. The quantitative estimate of drug-likeness (QED) is 0.530. The normalized spacial score (nSPS) is 21.6. The van der Waals surface area contributed by atoms with Gasteiger partial charge in [0, 0.05) is 44.6 Å². The molecule has 0 aromatic carbocycles. The van der Waals surface area contributed by atoms with Gasteiger partial charge >= 0.3 is 5.97 Å². The van der Waals surface area contributed by atoms with Crippen LogP contribution in [-0.2, 0) is 14.3 Å². The Morgan fingerprint density at radius 3 is 2.41 bits per heavy atom. The minimum absolute atomic E-state index is 0.0135. The van der Waals surface area contributed by atoms with Crippen LogP contribution in [0.5, 0.6) is 0 Å². The third kappa shape index (κ3) is 5.22. The summed E-state index contributed by atoms with van der Waals surface area (Å²) in [5.41, 5.74) is 0.696. The second kappa shape index (κ2) is 10.7. The van der Waals surface area contributed by atoms with E-state index in [2.05, 4.69) is 19.9 Å². The molecular weight excluding hydrogens is 438 g/mol. The van der Waals surface area contributed by atoms with Crippen LogP contribution in [0.2, 0.25) is 0 Å². The lowest BCUT2D eigenvalue weighted by Gasteiger charge is -2.36. The van der Waals surface area contributed by atoms with Crippen LogP contribution in [-0.4, -0.2) is 87.0 Å². The molecule has 1 N–H and O–H groups in total. The molecule has 1 unspecified atom stereocenters. The highest BCUT2D eigenvalue weighted by molar-refractivity contribution is 5.94. The number of aromatic nitrogens is 3. The summed E-state index contributed by atoms with van der Waals surface area (Å²) in [5.74, 6) is 0.321. The molecule has 0 saturated carbocycles. The minimum Gasteiger partial charge on any atom is -0.483 e. The number of esters is 1. The average molecular weight is 468 g/mol. The molecule has 3 aliphatic heterocycles. The molecule has 3 aliphatic rings. The number of nitrogens with zero attached hydrogens (tertiary/aromatic N) is 5. The van der Waals surface area contributed by atoms with Gasteiger partial charge in [0.15, 0.2) is 5.82 Å². The predicted octanol–water partition coefficient (Wildman–Crippen LogP) is 1.87. The number of piperidine rings is 1. The van der Waals surface area contributed by atoms with Crippen molar-refractivity contribution < 1.29 is 24.2 Å². The lowest BCUT2D eigenvalue weighted by atomic mass is 9.76. The molecule has 1 atom stereocenters. The summed E-state index contributed by atoms with van der Waals surface area (Å²) in [5, 5.41) is 6.89. The second-order valence-corrected chi connectivity index (χ2v) is 8.93. The molecule has 5 heterocycles. The summed E-state index contributed by atoms with van der Waals surface area (Å²) in [6, 6.07) is 5.54. The van der Waals surface area contributed by atoms with Gasteiger partial charge < -0.3 is 14.7 Å². The monoisotopic (exact) mass is 467 g/mol. The van der Waals surface area contributed by atoms with Crippen molar-refractivity contribution in [2.24, 2.45) is 5.41 Å². The number of hydrogen-bond acceptors (Lipinski definition) is 8. The van der Waals surface area contributed by atoms with Gasteiger partial charge in [-0.1, -0.05) is 6.07 Å². The molecule has 34 heavy (non-hydrogen) atoms. The summed E-state index contributed by atoms with van der Waals surface area (Å²) in [7, 11) is 0. The molecule has 3 saturated heterocycles. The number of amides is 1. The number of hydrogen-bond donors (Lipinski definition) is 1. The van der Waals surface area contributed by atoms with Gasteiger partial charge in [-0.05, 0) is 50.9 Å². The van der Waals surface area contributed by atoms with E-state index in [1.54, 1.807) is 23.5 Å². The fourth-order valence-corrected chi connectivity index (χ4v) is 4.99. The van der Waals surface area contributed by atoms with E-state index in [9.17, 15) is 9.59 Å². The van der Waals surface area contributed by atoms with Crippen molar-refractivity contribution in [3.05, 3.63) is 42.4 Å². The van der Waals surface area contributed by atoms with E-state index in [1.165, 1.54) is 12.8 Å². The lowest BCUT2D eigenvalue weighted by molar-refractivity contribution is -0.151. The van der Waals surface area contributed by atoms with E-state index in [1.807, 2.05) is 18.2 Å². The van der Waals surface area contributed by atoms with Crippen LogP contribution in [0.15, 0.2) is 36.8 Å². The molecule has 0 radical (unpaired) electrons. The smallest absolute Gasteiger partial charge is 0.312 e. The minimum atomic E-state index is -0.430. The molecule has 5 rings (SSSR count). The predicted molar refractivity (Wildman–Crippen MR) is 122 cm³/mol. The zero-order valence-electron chi connectivity index (χ0n) is 19.0. The van der Waals surface area contributed by atoms with Gasteiger partial charge in [0.05, 0.1) is 11.0 Å². The first-order valence-electron chi connectivity index (χ1n) is 11.6. The molecule has 10 heteroatoms. The Balaban J connectivity index is 0.000000868. The van der Waals surface area contributed by atoms with Crippen molar-refractivity contribution in [1.82, 2.24) is 24.8 Å². The van der Waals surface area contributed by atoms with E-state index in [0.29, 0.717) is 43.0 Å². The van der Waals surface area contributed by atoms with Crippen molar-refractivity contribution in [3.63, 3.8) is 0 Å². The van der Waals surface area contributed by atoms with Crippen LogP contribution in [0.1, 0.15) is 42.5 Å². The zero-order chi connectivity index (χ0) is 24.0. The van der Waals surface area contributed by atoms with Gasteiger partial charge in [-0.3, -0.25) is 24.3 Å². The third-order valence-electron chi connectivity index (χ3n) is 6.79. The van der Waals surface area contributed by atoms with Crippen LogP contribution in [0.3, 0.4) is 0 Å². The molecule has 1 amide bonds. The number of rotatable bonds is 4. The van der Waals surface area contributed by atoms with Gasteiger partial charge in [0.25, 0.3) is 12.4 Å². The molecule has 2 aromatic rings. The molecule has 10 nitrogen and oxygen atoms in total. The first kappa shape index (κ1) is 23.7. The Hall–Kier alpha value is -3.40. The number of cyclic esters (lactones) is 1. The van der Waals surface area contributed by atoms with Crippen LogP contribution >= 0.6 is 0 Å². The summed E-state index contributed by atoms with van der Waals surface area (Å²) >= 11 is 0. The zero-order valence-corrected chi connectivity index (χ0v) is 19.0. The molecule has 0 bridgehead atoms. The summed E-state index contributed by atoms with van der Waals surface area (Å²) < 4.78 is 5.74. The van der Waals surface area contributed by atoms with Crippen LogP contribution in [0, 0.1) is 5.41 Å². The summed E-state index contributed by atoms with van der Waals surface area (Å²) in [4.78, 5) is 51.0. The highest BCUT2D eigenvalue weighted by Gasteiger charge is 2.51. The first-order chi connectivity index (χ1) is 16.5. The fraction of sp³-hybridized carbons (Fsp3) is 0.500. The molecule has 0 aliphatic carbocycles. The van der Waals surface area contributed by atoms with E-state index >= 15 is 0 Å². The average Bonchev–Trinajstić information content (AvgIpc) is 3.48. The highest BCUT2D eigenvalue weighted by atomic mass is 16.6. The Bertz CT molecular complexity index is 987. The van der Waals surface area contributed by atoms with Gasteiger partial charge in [0.2, 0.25) is 0 Å². The molecule has 2 aromatic heterocycles. The molecular formula is C24H29N5O5. The summed E-state index contributed by atoms with van der Waals surface area (Å²) in [6.45, 7) is 3.89. The van der Waals surface area contributed by atoms with Crippen molar-refractivity contribution in [1.29, 1.82) is 0 Å². The largest absolute Gasteiger partial charge is 0.483 e. The number of ether oxygens (including phenoxy) is 1. The maximum Gasteiger partial charge on any atom is 0.312 e. The second-order valence-electron chi connectivity index (χ2n) is 8.93. The number of pyridine rings is 1. The SMILES string of the molecule is O=C(c1cnc(-c2ccccn2)nc1)N1CCC2(CC1)CC(CN1CCCC1)OC2=O.O=CO. The van der Waals surface area contributed by atoms with Crippen LogP contribution < -0.4 is 0 Å². The maximum absolute atomic E-state index is 12.9. The van der Waals surface area contributed by atoms with Crippen molar-refractivity contribution in [2.75, 3.05) is 32.7 Å². The van der Waals surface area contributed by atoms with Crippen molar-refractivity contribution in [2.45, 2.75) is 38.2 Å². The standard InChI is InChI=1S/C23H27N5O3.CH2O2/c29-21(17-14-25-20(26-15-17)19-5-1-2-8-24-19)28-11-6-23(7-12-28)13-18(31-22(23)30)16-27-9-3-4-10-27;2-1-3/h1-2,5,8,14-15,18H,3-4,6-7,9-13,16H2;1H,(H,2,3). The third-order valence-corrected chi connectivity index (χ3v) is 6.79. The first-order valence-corrected chi connectivity index (χ1v) is 11.6. The number of carboxylic acid groups (broad SMARTS) is 1. The highest BCUT2D eigenvalue weighted by Crippen LogP contribution is 2.43. The topological polar surface area (TPSA) is 126 Å². The van der Waals surface area contributed by atoms with Crippen molar-refractivity contribution in [3.8, 4) is 11.5 Å². The number of carbonyl (C=O) groups excluding carboxylic acids is 2. The molecule has 1 spiro atoms. The van der Waals surface area contributed by atoms with Gasteiger partial charge in [-0.15, -0.1) is 0 Å². The van der Waals surface area contributed by atoms with Gasteiger partial charge in [-0.25, -0.2) is 9.97 Å². The van der Waals surface area contributed by atoms with Gasteiger partial charge in [-0.2, -0.15) is 0 Å². The Morgan fingerprint density at radius 2 is 1.79 bits per heavy atom. The molecule has 180 valence electrons. The fourth-order valence-electron chi connectivity index (χ4n) is 4.99. The van der Waals surface area contributed by atoms with E-state index in [0.717, 1.165) is 26.1 Å². The molecule has 3 fully saturated rings. The Morgan fingerprint density at radius 1 is 1.12 bits per heavy atom. The summed E-state index contributed by atoms with van der Waals surface area (Å²) in [6.07, 6.45) is 9.32. The van der Waals surface area contributed by atoms with Crippen LogP contribution in [0.4, 0.5) is 0 Å².